The van der Waals surface area contributed by atoms with E-state index in [1.165, 1.54) is 0 Å². The average Bonchev–Trinajstić information content (AvgIpc) is 2.72. The lowest BCUT2D eigenvalue weighted by Gasteiger charge is -2.04. The van der Waals surface area contributed by atoms with Crippen LogP contribution in [0.25, 0.3) is 0 Å². The third-order valence-electron chi connectivity index (χ3n) is 1.75. The van der Waals surface area contributed by atoms with E-state index in [4.69, 9.17) is 16.0 Å². The van der Waals surface area contributed by atoms with E-state index in [0.717, 1.165) is 11.8 Å². The number of halogens is 2. The van der Waals surface area contributed by atoms with E-state index in [1.54, 1.807) is 18.6 Å². The SMILES string of the molecule is Fc1cnc(Cl)nc1NCc1ccoc1. The molecule has 0 saturated carbocycles. The van der Waals surface area contributed by atoms with Crippen molar-refractivity contribution in [2.24, 2.45) is 0 Å². The summed E-state index contributed by atoms with van der Waals surface area (Å²) in [6.07, 6.45) is 4.13. The Kier molecular flexibility index (Phi) is 2.82. The summed E-state index contributed by atoms with van der Waals surface area (Å²) >= 11 is 5.53. The molecule has 0 atom stereocenters. The van der Waals surface area contributed by atoms with Crippen LogP contribution in [-0.2, 0) is 6.54 Å². The fourth-order valence-electron chi connectivity index (χ4n) is 1.05. The summed E-state index contributed by atoms with van der Waals surface area (Å²) in [7, 11) is 0. The highest BCUT2D eigenvalue weighted by atomic mass is 35.5. The van der Waals surface area contributed by atoms with Gasteiger partial charge in [-0.05, 0) is 17.7 Å². The molecule has 1 N–H and O–H groups in total. The van der Waals surface area contributed by atoms with Gasteiger partial charge in [0.2, 0.25) is 5.28 Å². The molecular weight excluding hydrogens is 221 g/mol. The van der Waals surface area contributed by atoms with Gasteiger partial charge in [0.25, 0.3) is 0 Å². The van der Waals surface area contributed by atoms with Crippen LogP contribution >= 0.6 is 11.6 Å². The molecule has 0 saturated heterocycles. The Morgan fingerprint density at radius 2 is 2.40 bits per heavy atom. The Bertz CT molecular complexity index is 447. The van der Waals surface area contributed by atoms with Gasteiger partial charge in [0.15, 0.2) is 11.6 Å². The van der Waals surface area contributed by atoms with Crippen LogP contribution in [0.4, 0.5) is 10.2 Å². The lowest BCUT2D eigenvalue weighted by molar-refractivity contribution is 0.564. The van der Waals surface area contributed by atoms with Crippen LogP contribution in [-0.4, -0.2) is 9.97 Å². The van der Waals surface area contributed by atoms with E-state index in [9.17, 15) is 4.39 Å². The molecule has 0 aromatic carbocycles. The molecule has 0 aliphatic carbocycles. The summed E-state index contributed by atoms with van der Waals surface area (Å²) in [4.78, 5) is 7.21. The van der Waals surface area contributed by atoms with Gasteiger partial charge in [-0.15, -0.1) is 0 Å². The first-order chi connectivity index (χ1) is 7.25. The Hall–Kier alpha value is -1.62. The molecule has 0 spiro atoms. The molecule has 6 heteroatoms. The lowest BCUT2D eigenvalue weighted by Crippen LogP contribution is -2.03. The zero-order chi connectivity index (χ0) is 10.7. The van der Waals surface area contributed by atoms with Crippen LogP contribution in [0.3, 0.4) is 0 Å². The van der Waals surface area contributed by atoms with Gasteiger partial charge < -0.3 is 9.73 Å². The van der Waals surface area contributed by atoms with Gasteiger partial charge in [0, 0.05) is 12.1 Å². The molecule has 2 aromatic rings. The summed E-state index contributed by atoms with van der Waals surface area (Å²) in [5.41, 5.74) is 0.893. The molecule has 0 aliphatic heterocycles. The van der Waals surface area contributed by atoms with E-state index in [0.29, 0.717) is 6.54 Å². The number of furan rings is 1. The standard InChI is InChI=1S/C9H7ClFN3O/c10-9-13-4-7(11)8(14-9)12-3-6-1-2-15-5-6/h1-2,4-5H,3H2,(H,12,13,14). The molecule has 0 aliphatic rings. The van der Waals surface area contributed by atoms with Crippen molar-refractivity contribution in [3.05, 3.63) is 41.5 Å². The molecule has 2 aromatic heterocycles. The van der Waals surface area contributed by atoms with Crippen LogP contribution in [0, 0.1) is 5.82 Å². The second-order valence-corrected chi connectivity index (χ2v) is 3.16. The largest absolute Gasteiger partial charge is 0.472 e. The molecule has 2 heterocycles. The van der Waals surface area contributed by atoms with E-state index in [1.807, 2.05) is 0 Å². The van der Waals surface area contributed by atoms with Crippen molar-refractivity contribution in [2.45, 2.75) is 6.54 Å². The minimum absolute atomic E-state index is 0.00564. The first kappa shape index (κ1) is 9.92. The van der Waals surface area contributed by atoms with Crippen molar-refractivity contribution in [3.8, 4) is 0 Å². The Balaban J connectivity index is 2.07. The predicted molar refractivity (Wildman–Crippen MR) is 53.0 cm³/mol. The quantitative estimate of drug-likeness (QED) is 0.819. The maximum absolute atomic E-state index is 13.1. The highest BCUT2D eigenvalue weighted by Gasteiger charge is 2.05. The molecule has 15 heavy (non-hydrogen) atoms. The first-order valence-corrected chi connectivity index (χ1v) is 4.56. The molecule has 78 valence electrons. The van der Waals surface area contributed by atoms with E-state index >= 15 is 0 Å². The number of nitrogens with one attached hydrogen (secondary N) is 1. The molecular formula is C9H7ClFN3O. The molecule has 0 unspecified atom stereocenters. The van der Waals surface area contributed by atoms with Gasteiger partial charge >= 0.3 is 0 Å². The molecule has 0 fully saturated rings. The number of rotatable bonds is 3. The molecule has 0 amide bonds. The second-order valence-electron chi connectivity index (χ2n) is 2.82. The number of hydrogen-bond donors (Lipinski definition) is 1. The van der Waals surface area contributed by atoms with E-state index < -0.39 is 5.82 Å². The summed E-state index contributed by atoms with van der Waals surface area (Å²) in [6, 6.07) is 1.77. The smallest absolute Gasteiger partial charge is 0.224 e. The fourth-order valence-corrected chi connectivity index (χ4v) is 1.18. The minimum atomic E-state index is -0.539. The predicted octanol–water partition coefficient (Wildman–Crippen LogP) is 2.47. The molecule has 0 bridgehead atoms. The number of anilines is 1. The van der Waals surface area contributed by atoms with Gasteiger partial charge in [-0.3, -0.25) is 0 Å². The van der Waals surface area contributed by atoms with Crippen LogP contribution in [0.1, 0.15) is 5.56 Å². The third kappa shape index (κ3) is 2.44. The molecule has 0 radical (unpaired) electrons. The summed E-state index contributed by atoms with van der Waals surface area (Å²) in [5, 5.41) is 2.79. The highest BCUT2D eigenvalue weighted by molar-refractivity contribution is 6.28. The maximum atomic E-state index is 13.1. The average molecular weight is 228 g/mol. The van der Waals surface area contributed by atoms with Crippen LogP contribution < -0.4 is 5.32 Å². The van der Waals surface area contributed by atoms with Crippen LogP contribution in [0.15, 0.2) is 29.2 Å². The zero-order valence-corrected chi connectivity index (χ0v) is 8.33. The van der Waals surface area contributed by atoms with Gasteiger partial charge in [-0.25, -0.2) is 9.37 Å². The van der Waals surface area contributed by atoms with Crippen LogP contribution in [0.5, 0.6) is 0 Å². The third-order valence-corrected chi connectivity index (χ3v) is 1.94. The van der Waals surface area contributed by atoms with Crippen molar-refractivity contribution in [2.75, 3.05) is 5.32 Å². The Morgan fingerprint density at radius 1 is 1.53 bits per heavy atom. The zero-order valence-electron chi connectivity index (χ0n) is 7.58. The van der Waals surface area contributed by atoms with Gasteiger partial charge in [-0.2, -0.15) is 4.98 Å². The summed E-state index contributed by atoms with van der Waals surface area (Å²) in [5.74, 6) is -0.459. The van der Waals surface area contributed by atoms with Crippen LogP contribution in [0.2, 0.25) is 5.28 Å². The van der Waals surface area contributed by atoms with Gasteiger partial charge in [0.1, 0.15) is 0 Å². The molecule has 2 rings (SSSR count). The van der Waals surface area contributed by atoms with E-state index in [2.05, 4.69) is 15.3 Å². The van der Waals surface area contributed by atoms with Crippen molar-refractivity contribution >= 4 is 17.4 Å². The van der Waals surface area contributed by atoms with Crippen molar-refractivity contribution in [1.29, 1.82) is 0 Å². The van der Waals surface area contributed by atoms with Crippen molar-refractivity contribution in [1.82, 2.24) is 9.97 Å². The molecule has 4 nitrogen and oxygen atoms in total. The first-order valence-electron chi connectivity index (χ1n) is 4.18. The Labute approximate surface area is 90.1 Å². The summed E-state index contributed by atoms with van der Waals surface area (Å²) < 4.78 is 18.0. The van der Waals surface area contributed by atoms with Crippen molar-refractivity contribution in [3.63, 3.8) is 0 Å². The number of nitrogens with zero attached hydrogens (tertiary/aromatic N) is 2. The topological polar surface area (TPSA) is 51.0 Å². The van der Waals surface area contributed by atoms with E-state index in [-0.39, 0.29) is 11.1 Å². The second kappa shape index (κ2) is 4.27. The highest BCUT2D eigenvalue weighted by Crippen LogP contribution is 2.13. The van der Waals surface area contributed by atoms with Gasteiger partial charge in [-0.1, -0.05) is 0 Å². The minimum Gasteiger partial charge on any atom is -0.472 e. The summed E-state index contributed by atoms with van der Waals surface area (Å²) in [6.45, 7) is 0.417. The Morgan fingerprint density at radius 3 is 3.13 bits per heavy atom. The van der Waals surface area contributed by atoms with Gasteiger partial charge in [0.05, 0.1) is 18.7 Å². The normalized spacial score (nSPS) is 10.3. The maximum Gasteiger partial charge on any atom is 0.224 e. The monoisotopic (exact) mass is 227 g/mol. The fraction of sp³-hybridized carbons (Fsp3) is 0.111. The number of hydrogen-bond acceptors (Lipinski definition) is 4. The van der Waals surface area contributed by atoms with Crippen molar-refractivity contribution < 1.29 is 8.81 Å². The number of aromatic nitrogens is 2. The lowest BCUT2D eigenvalue weighted by atomic mass is 10.3.